The number of nitrogens with one attached hydrogen (secondary N) is 1. The number of hydrogen-bond acceptors (Lipinski definition) is 28. The number of nitrogens with two attached hydrogens (primary N) is 2. The summed E-state index contributed by atoms with van der Waals surface area (Å²) in [5.74, 6) is -22.8. The van der Waals surface area contributed by atoms with Gasteiger partial charge in [0.05, 0.1) is 87.2 Å². The molecular weight excluding hydrogens is 1940 g/mol. The largest absolute Gasteiger partial charge is 0.481 e. The molecule has 6 aromatic carbocycles. The number of anilines is 1. The number of aldehydes is 3. The second-order valence-corrected chi connectivity index (χ2v) is 33.5. The molecule has 47 heteroatoms. The van der Waals surface area contributed by atoms with E-state index in [1.54, 1.807) is 19.2 Å². The number of nitriles is 1. The molecule has 135 heavy (non-hydrogen) atoms. The van der Waals surface area contributed by atoms with E-state index in [-0.39, 0.29) is 78.7 Å². The highest BCUT2D eigenvalue weighted by molar-refractivity contribution is 7.80. The van der Waals surface area contributed by atoms with Crippen LogP contribution in [-0.2, 0) is 70.2 Å². The Kier molecular flexibility index (Phi) is 43.5. The quantitative estimate of drug-likeness (QED) is 0.00269. The lowest BCUT2D eigenvalue weighted by molar-refractivity contribution is -0.172. The van der Waals surface area contributed by atoms with E-state index >= 15 is 0 Å². The van der Waals surface area contributed by atoms with Crippen LogP contribution in [0.1, 0.15) is 130 Å². The maximum Gasteiger partial charge on any atom is 0.317 e. The van der Waals surface area contributed by atoms with Gasteiger partial charge < -0.3 is 61.1 Å². The van der Waals surface area contributed by atoms with Gasteiger partial charge in [-0.3, -0.25) is 38.4 Å². The molecule has 1 saturated heterocycles. The zero-order valence-electron chi connectivity index (χ0n) is 70.2. The lowest BCUT2D eigenvalue weighted by Gasteiger charge is -2.42. The molecule has 2 fully saturated rings. The predicted octanol–water partition coefficient (Wildman–Crippen LogP) is 17.1. The molecule has 0 amide bonds. The number of aliphatic hydroxyl groups is 1. The van der Waals surface area contributed by atoms with Crippen LogP contribution in [0.5, 0.6) is 0 Å². The number of halogens is 14. The number of aliphatic carboxylic acids is 2. The molecule has 5 aromatic heterocycles. The average molecular weight is 2020 g/mol. The lowest BCUT2D eigenvalue weighted by Crippen LogP contribution is -2.55. The number of carbonyl (C=O) groups excluding carboxylic acids is 8. The Hall–Kier alpha value is -13.2. The number of amidine groups is 1. The minimum atomic E-state index is -1.79. The summed E-state index contributed by atoms with van der Waals surface area (Å²) in [5, 5.41) is 52.0. The van der Waals surface area contributed by atoms with E-state index in [1.165, 1.54) is 79.2 Å². The zero-order chi connectivity index (χ0) is 99.0. The van der Waals surface area contributed by atoms with Crippen molar-refractivity contribution >= 4 is 160 Å². The highest BCUT2D eigenvalue weighted by Gasteiger charge is 2.58. The Labute approximate surface area is 791 Å². The Morgan fingerprint density at radius 3 is 1.64 bits per heavy atom. The van der Waals surface area contributed by atoms with Crippen molar-refractivity contribution in [2.24, 2.45) is 28.5 Å². The molecule has 0 bridgehead atoms. The van der Waals surface area contributed by atoms with E-state index in [4.69, 9.17) is 53.2 Å². The number of carboxylic acids is 2. The van der Waals surface area contributed by atoms with E-state index in [1.807, 2.05) is 0 Å². The first kappa shape index (κ1) is 111. The molecule has 1 aliphatic carbocycles. The molecule has 0 spiro atoms. The molecule has 4 unspecified atom stereocenters. The van der Waals surface area contributed by atoms with E-state index < -0.39 is 158 Å². The Morgan fingerprint density at radius 2 is 1.17 bits per heavy atom. The molecule has 9 N–H and O–H groups in total. The molecule has 3 aliphatic rings. The smallest absolute Gasteiger partial charge is 0.317 e. The third kappa shape index (κ3) is 32.9. The third-order valence-corrected chi connectivity index (χ3v) is 23.6. The number of carbonyl (C=O) groups is 10. The number of carboxylic acid groups (broad SMARTS) is 2. The van der Waals surface area contributed by atoms with Gasteiger partial charge in [-0.05, 0) is 153 Å². The molecule has 0 radical (unpaired) electrons. The SMILES string of the molecule is CCOC(=O)C1C(=O)CC(C)(O)C(C(=O)OC)C1c1ncc(-c2ccc(F)c(F)c2)s1.N#Cc1ccc(F)c(F)c1.N/C(CCCc1ccc2c(n1)NCCC2)=N\O.NC(=S)c1cc(F)c(F)c(F)c1.O=C(O)CC(CC(=O)O)c1ncc(-c2ccc(F)c(F)c2)s1.O=C1CC(c2cnc(-c3ccc(F)c(F)c3)s2)CC(=O)O1.O=CC(Cl)C=O.O=Cc1cnc(-c2ccc(F)c(F)c2)s1.S. The predicted molar refractivity (Wildman–Crippen MR) is 477 cm³/mol. The van der Waals surface area contributed by atoms with Gasteiger partial charge in [0.15, 0.2) is 87.7 Å². The summed E-state index contributed by atoms with van der Waals surface area (Å²) in [6.07, 6.45) is 10.8. The highest BCUT2D eigenvalue weighted by atomic mass is 35.5. The number of ketones is 1. The number of pyridine rings is 1. The van der Waals surface area contributed by atoms with Crippen molar-refractivity contribution in [3.8, 4) is 48.1 Å². The third-order valence-electron chi connectivity index (χ3n) is 18.7. The van der Waals surface area contributed by atoms with Crippen LogP contribution in [0.4, 0.5) is 62.9 Å². The second-order valence-electron chi connectivity index (χ2n) is 28.4. The number of benzene rings is 6. The number of methoxy groups -OCH3 is 1. The van der Waals surface area contributed by atoms with Gasteiger partial charge in [0.25, 0.3) is 0 Å². The lowest BCUT2D eigenvalue weighted by atomic mass is 9.64. The fourth-order valence-electron chi connectivity index (χ4n) is 12.4. The first-order valence-corrected chi connectivity index (χ1v) is 43.0. The van der Waals surface area contributed by atoms with Gasteiger partial charge in [0.2, 0.25) is 0 Å². The number of thiocarbonyl (C=S) groups is 1. The molecule has 11 aromatic rings. The van der Waals surface area contributed by atoms with Crippen LogP contribution in [-0.4, -0.2) is 148 Å². The number of cyclic esters (lactones) is 2. The van der Waals surface area contributed by atoms with Crippen molar-refractivity contribution in [1.29, 1.82) is 5.26 Å². The second kappa shape index (κ2) is 53.1. The number of esters is 4. The number of thiazole rings is 4. The average Bonchev–Trinajstić information content (AvgIpc) is 1.74. The first-order valence-electron chi connectivity index (χ1n) is 38.9. The number of oxime groups is 1. The monoisotopic (exact) mass is 2020 g/mol. The summed E-state index contributed by atoms with van der Waals surface area (Å²) in [7, 11) is 1.14. The van der Waals surface area contributed by atoms with Crippen LogP contribution in [0.15, 0.2) is 145 Å². The number of Topliss-reactive ketones (excluding diaryl/α,β-unsaturated/α-hetero) is 1. The van der Waals surface area contributed by atoms with Crippen molar-refractivity contribution in [2.45, 2.75) is 107 Å². The number of hydrogen-bond donors (Lipinski definition) is 7. The molecule has 2 aliphatic heterocycles. The fourth-order valence-corrected chi connectivity index (χ4v) is 16.3. The Morgan fingerprint density at radius 1 is 0.667 bits per heavy atom. The van der Waals surface area contributed by atoms with Crippen molar-refractivity contribution in [1.82, 2.24) is 24.9 Å². The topological polar surface area (TPSA) is 444 Å². The summed E-state index contributed by atoms with van der Waals surface area (Å²) in [5.41, 5.74) is 12.8. The molecule has 1 saturated carbocycles. The molecule has 7 heterocycles. The van der Waals surface area contributed by atoms with Gasteiger partial charge in [0, 0.05) is 89.2 Å². The molecule has 14 rings (SSSR count). The summed E-state index contributed by atoms with van der Waals surface area (Å²) < 4.78 is 181. The van der Waals surface area contributed by atoms with Crippen LogP contribution in [0.3, 0.4) is 0 Å². The van der Waals surface area contributed by atoms with Gasteiger partial charge in [-0.2, -0.15) is 18.8 Å². The van der Waals surface area contributed by atoms with Crippen molar-refractivity contribution in [3.63, 3.8) is 0 Å². The van der Waals surface area contributed by atoms with Crippen molar-refractivity contribution in [3.05, 3.63) is 258 Å². The normalized spacial score (nSPS) is 15.2. The minimum Gasteiger partial charge on any atom is -0.481 e. The van der Waals surface area contributed by atoms with Crippen LogP contribution in [0, 0.1) is 98.8 Å². The molecule has 714 valence electrons. The van der Waals surface area contributed by atoms with Gasteiger partial charge in [-0.25, -0.2) is 82.0 Å². The summed E-state index contributed by atoms with van der Waals surface area (Å²) in [4.78, 5) is 134. The molecule has 27 nitrogen and oxygen atoms in total. The number of alkyl halides is 1. The highest BCUT2D eigenvalue weighted by Crippen LogP contribution is 2.49. The van der Waals surface area contributed by atoms with E-state index in [0.29, 0.717) is 77.2 Å². The molecular formula is C88H76ClF13N10O17S6. The van der Waals surface area contributed by atoms with Crippen molar-refractivity contribution in [2.75, 3.05) is 25.6 Å². The van der Waals surface area contributed by atoms with Crippen molar-refractivity contribution < 1.29 is 140 Å². The minimum absolute atomic E-state index is 0. The maximum atomic E-state index is 13.7. The standard InChI is InChI=1S/C21H21F2NO6S.C14H11F2NO4S.C14H9F2NO3S.C12H18N4O.C10H5F2NOS.C7H4F3NS.C7H3F2N.C3H3ClO2.H2S/c1-4-30-19(26)15-13(25)8-21(2,28)17(20(27)29-3)16(15)18-24-9-14(31-18)10-5-6-11(22)12(23)7-10;15-9-2-1-7(3-10(9)16)11-6-17-14(22-11)8(4-12(18)19)5-13(20)21;15-9-2-1-7(3-10(9)16)14-17-6-11(21-14)8-4-12(18)20-13(19)5-8;13-11(16-17)5-1-4-10-7-6-9-3-2-8-14-12(9)15-10;11-8-2-1-6(3-9(8)12)10-13-4-7(5-14)15-10;8-4-1-3(7(11)12)2-5(9)6(4)10;8-6-2-1-5(4-10)3-7(6)9;4-3(1-5)2-6;/h5-7,9,15-17,28H,4,8H2,1-3H3;1-3,6,8H,4-5H2,(H,18,19)(H,20,21);1-3,6,8H,4-5H2;6-7,17H,1-5,8H2,(H2,13,16)(H,14,15);1-5H;1-2H,(H2,11,12);1-3H;1-3H;1H2. The number of nitrogens with zero attached hydrogens (tertiary/aromatic N) is 7. The van der Waals surface area contributed by atoms with E-state index in [2.05, 4.69) is 64.5 Å². The summed E-state index contributed by atoms with van der Waals surface area (Å²) in [6, 6.07) is 24.1. The number of aromatic nitrogens is 5. The van der Waals surface area contributed by atoms with Crippen LogP contribution >= 0.6 is 82.7 Å². The van der Waals surface area contributed by atoms with E-state index in [0.717, 1.165) is 156 Å². The van der Waals surface area contributed by atoms with Gasteiger partial charge in [-0.15, -0.1) is 56.9 Å². The Balaban J connectivity index is 0.000000245. The Bertz CT molecular complexity index is 6110. The molecule has 4 atom stereocenters. The van der Waals surface area contributed by atoms with Crippen LogP contribution < -0.4 is 16.8 Å². The summed E-state index contributed by atoms with van der Waals surface area (Å²) in [6.45, 7) is 3.93. The number of ether oxygens (including phenoxy) is 3. The zero-order valence-corrected chi connectivity index (χ0v) is 76.0. The van der Waals surface area contributed by atoms with Crippen LogP contribution in [0.25, 0.3) is 42.0 Å². The van der Waals surface area contributed by atoms with Crippen LogP contribution in [0.2, 0.25) is 0 Å². The number of aryl methyl sites for hydroxylation is 2. The number of rotatable bonds is 22. The number of fused-ring (bicyclic) bond motifs is 1. The fraction of sp³-hybridized carbons (Fsp3) is 0.250. The van der Waals surface area contributed by atoms with Gasteiger partial charge in [-0.1, -0.05) is 35.6 Å². The first-order chi connectivity index (χ1) is 63.5. The summed E-state index contributed by atoms with van der Waals surface area (Å²) >= 11 is 13.8. The van der Waals surface area contributed by atoms with E-state index in [9.17, 15) is 110 Å². The van der Waals surface area contributed by atoms with Gasteiger partial charge >= 0.3 is 35.8 Å². The van der Waals surface area contributed by atoms with Gasteiger partial charge in [0.1, 0.15) is 50.5 Å². The maximum absolute atomic E-state index is 13.7.